The minimum Gasteiger partial charge on any atom is -0.383 e. The van der Waals surface area contributed by atoms with Crippen LogP contribution in [0.4, 0.5) is 5.69 Å². The lowest BCUT2D eigenvalue weighted by atomic mass is 10.1. The molecule has 20 heavy (non-hydrogen) atoms. The van der Waals surface area contributed by atoms with Gasteiger partial charge in [0.15, 0.2) is 0 Å². The Hall–Kier alpha value is -1.06. The number of fused-ring (bicyclic) bond motifs is 1. The second-order valence-electron chi connectivity index (χ2n) is 5.64. The van der Waals surface area contributed by atoms with Gasteiger partial charge in [-0.3, -0.25) is 0 Å². The van der Waals surface area contributed by atoms with E-state index in [0.717, 1.165) is 32.7 Å². The molecule has 2 rings (SSSR count). The van der Waals surface area contributed by atoms with Crippen molar-refractivity contribution in [2.75, 3.05) is 38.3 Å². The van der Waals surface area contributed by atoms with Gasteiger partial charge < -0.3 is 15.0 Å². The predicted molar refractivity (Wildman–Crippen MR) is 85.6 cm³/mol. The highest BCUT2D eigenvalue weighted by atomic mass is 16.5. The average Bonchev–Trinajstić information content (AvgIpc) is 2.68. The van der Waals surface area contributed by atoms with E-state index in [1.807, 2.05) is 0 Å². The fourth-order valence-electron chi connectivity index (χ4n) is 2.95. The number of methoxy groups -OCH3 is 1. The van der Waals surface area contributed by atoms with Crippen molar-refractivity contribution in [3.05, 3.63) is 29.8 Å². The molecule has 0 fully saturated rings. The Bertz CT molecular complexity index is 394. The first kappa shape index (κ1) is 15.3. The number of aryl methyl sites for hydroxylation is 1. The topological polar surface area (TPSA) is 24.5 Å². The molecule has 3 nitrogen and oxygen atoms in total. The summed E-state index contributed by atoms with van der Waals surface area (Å²) in [6.07, 6.45) is 4.95. The van der Waals surface area contributed by atoms with Gasteiger partial charge in [-0.15, -0.1) is 0 Å². The van der Waals surface area contributed by atoms with Gasteiger partial charge in [-0.05, 0) is 43.9 Å². The minimum atomic E-state index is 0.408. The van der Waals surface area contributed by atoms with Crippen LogP contribution in [0.5, 0.6) is 0 Å². The smallest absolute Gasteiger partial charge is 0.0633 e. The van der Waals surface area contributed by atoms with Gasteiger partial charge in [-0.2, -0.15) is 0 Å². The van der Waals surface area contributed by atoms with Crippen LogP contribution < -0.4 is 10.2 Å². The van der Waals surface area contributed by atoms with Gasteiger partial charge in [0, 0.05) is 31.9 Å². The molecule has 0 aromatic heterocycles. The molecule has 0 bridgehead atoms. The van der Waals surface area contributed by atoms with Crippen LogP contribution in [0.15, 0.2) is 24.3 Å². The molecule has 1 atom stereocenters. The summed E-state index contributed by atoms with van der Waals surface area (Å²) in [5.74, 6) is 0. The quantitative estimate of drug-likeness (QED) is 0.829. The van der Waals surface area contributed by atoms with Crippen LogP contribution in [-0.2, 0) is 11.2 Å². The second kappa shape index (κ2) is 8.28. The van der Waals surface area contributed by atoms with E-state index < -0.39 is 0 Å². The van der Waals surface area contributed by atoms with E-state index in [2.05, 4.69) is 41.4 Å². The molecule has 1 heterocycles. The fraction of sp³-hybridized carbons (Fsp3) is 0.647. The van der Waals surface area contributed by atoms with Crippen LogP contribution in [0.2, 0.25) is 0 Å². The predicted octanol–water partition coefficient (Wildman–Crippen LogP) is 2.84. The monoisotopic (exact) mass is 276 g/mol. The second-order valence-corrected chi connectivity index (χ2v) is 5.64. The van der Waals surface area contributed by atoms with E-state index in [4.69, 9.17) is 4.74 Å². The maximum Gasteiger partial charge on any atom is 0.0633 e. The first-order valence-corrected chi connectivity index (χ1v) is 7.90. The number of nitrogens with one attached hydrogen (secondary N) is 1. The number of para-hydroxylation sites is 1. The van der Waals surface area contributed by atoms with E-state index in [1.54, 1.807) is 7.11 Å². The normalized spacial score (nSPS) is 16.6. The van der Waals surface area contributed by atoms with Gasteiger partial charge >= 0.3 is 0 Å². The zero-order valence-corrected chi connectivity index (χ0v) is 12.9. The standard InChI is InChI=1S/C17H28N2O/c1-3-11-18-16(14-20-2)13-19-12-7-6-9-15-8-4-5-10-17(15)19/h4-5,8,10,16,18H,3,6-7,9,11-14H2,1-2H3. The van der Waals surface area contributed by atoms with Crippen LogP contribution in [0.1, 0.15) is 31.7 Å². The van der Waals surface area contributed by atoms with Gasteiger partial charge in [0.25, 0.3) is 0 Å². The highest BCUT2D eigenvalue weighted by molar-refractivity contribution is 5.54. The molecule has 1 aromatic carbocycles. The molecule has 112 valence electrons. The Labute approximate surface area is 123 Å². The fourth-order valence-corrected chi connectivity index (χ4v) is 2.95. The van der Waals surface area contributed by atoms with Crippen molar-refractivity contribution in [3.63, 3.8) is 0 Å². The molecule has 0 radical (unpaired) electrons. The summed E-state index contributed by atoms with van der Waals surface area (Å²) in [6.45, 7) is 6.23. The van der Waals surface area contributed by atoms with Crippen LogP contribution in [0.3, 0.4) is 0 Å². The lowest BCUT2D eigenvalue weighted by Crippen LogP contribution is -2.44. The van der Waals surface area contributed by atoms with Crippen molar-refractivity contribution in [2.45, 2.75) is 38.6 Å². The van der Waals surface area contributed by atoms with E-state index >= 15 is 0 Å². The first-order chi connectivity index (χ1) is 9.85. The van der Waals surface area contributed by atoms with Crippen LogP contribution in [0.25, 0.3) is 0 Å². The summed E-state index contributed by atoms with van der Waals surface area (Å²) in [5, 5.41) is 3.60. The minimum absolute atomic E-state index is 0.408. The largest absolute Gasteiger partial charge is 0.383 e. The van der Waals surface area contributed by atoms with Crippen LogP contribution in [-0.4, -0.2) is 39.4 Å². The first-order valence-electron chi connectivity index (χ1n) is 7.90. The summed E-state index contributed by atoms with van der Waals surface area (Å²) in [6, 6.07) is 9.26. The highest BCUT2D eigenvalue weighted by Crippen LogP contribution is 2.26. The zero-order chi connectivity index (χ0) is 14.2. The molecule has 0 amide bonds. The summed E-state index contributed by atoms with van der Waals surface area (Å²) >= 11 is 0. The molecular weight excluding hydrogens is 248 g/mol. The summed E-state index contributed by atoms with van der Waals surface area (Å²) in [5.41, 5.74) is 2.92. The highest BCUT2D eigenvalue weighted by Gasteiger charge is 2.18. The summed E-state index contributed by atoms with van der Waals surface area (Å²) < 4.78 is 5.37. The van der Waals surface area contributed by atoms with E-state index in [1.165, 1.54) is 30.5 Å². The summed E-state index contributed by atoms with van der Waals surface area (Å²) in [4.78, 5) is 2.54. The number of anilines is 1. The third-order valence-corrected chi connectivity index (χ3v) is 3.95. The van der Waals surface area contributed by atoms with Crippen molar-refractivity contribution in [3.8, 4) is 0 Å². The Morgan fingerprint density at radius 3 is 2.95 bits per heavy atom. The van der Waals surface area contributed by atoms with Crippen molar-refractivity contribution >= 4 is 5.69 Å². The molecular formula is C17H28N2O. The third-order valence-electron chi connectivity index (χ3n) is 3.95. The lowest BCUT2D eigenvalue weighted by molar-refractivity contribution is 0.167. The molecule has 1 N–H and O–H groups in total. The van der Waals surface area contributed by atoms with E-state index in [-0.39, 0.29) is 0 Å². The van der Waals surface area contributed by atoms with Crippen LogP contribution >= 0.6 is 0 Å². The number of hydrogen-bond donors (Lipinski definition) is 1. The third kappa shape index (κ3) is 4.22. The maximum atomic E-state index is 5.37. The maximum absolute atomic E-state index is 5.37. The van der Waals surface area contributed by atoms with Gasteiger partial charge in [-0.25, -0.2) is 0 Å². The number of nitrogens with zero attached hydrogens (tertiary/aromatic N) is 1. The number of rotatable bonds is 7. The van der Waals surface area contributed by atoms with Crippen molar-refractivity contribution in [1.29, 1.82) is 0 Å². The Kier molecular flexibility index (Phi) is 6.34. The zero-order valence-electron chi connectivity index (χ0n) is 12.9. The van der Waals surface area contributed by atoms with Crippen LogP contribution in [0, 0.1) is 0 Å². The SMILES string of the molecule is CCCNC(COC)CN1CCCCc2ccccc21. The van der Waals surface area contributed by atoms with E-state index in [0.29, 0.717) is 6.04 Å². The van der Waals surface area contributed by atoms with Crippen molar-refractivity contribution < 1.29 is 4.74 Å². The van der Waals surface area contributed by atoms with E-state index in [9.17, 15) is 0 Å². The molecule has 0 spiro atoms. The molecule has 1 aliphatic heterocycles. The molecule has 1 aliphatic rings. The number of hydrogen-bond acceptors (Lipinski definition) is 3. The van der Waals surface area contributed by atoms with Gasteiger partial charge in [-0.1, -0.05) is 25.1 Å². The molecule has 1 unspecified atom stereocenters. The molecule has 1 aromatic rings. The lowest BCUT2D eigenvalue weighted by Gasteiger charge is -2.30. The molecule has 3 heteroatoms. The summed E-state index contributed by atoms with van der Waals surface area (Å²) in [7, 11) is 1.79. The number of ether oxygens (including phenoxy) is 1. The van der Waals surface area contributed by atoms with Crippen molar-refractivity contribution in [2.24, 2.45) is 0 Å². The van der Waals surface area contributed by atoms with Gasteiger partial charge in [0.1, 0.15) is 0 Å². The Morgan fingerprint density at radius 2 is 2.15 bits per heavy atom. The average molecular weight is 276 g/mol. The molecule has 0 saturated heterocycles. The van der Waals surface area contributed by atoms with Gasteiger partial charge in [0.05, 0.1) is 6.61 Å². The Balaban J connectivity index is 2.06. The van der Waals surface area contributed by atoms with Gasteiger partial charge in [0.2, 0.25) is 0 Å². The van der Waals surface area contributed by atoms with Crippen molar-refractivity contribution in [1.82, 2.24) is 5.32 Å². The Morgan fingerprint density at radius 1 is 1.30 bits per heavy atom. The molecule has 0 saturated carbocycles. The number of benzene rings is 1. The molecule has 0 aliphatic carbocycles.